The van der Waals surface area contributed by atoms with Crippen molar-refractivity contribution in [3.63, 3.8) is 0 Å². The van der Waals surface area contributed by atoms with Gasteiger partial charge in [0.25, 0.3) is 0 Å². The van der Waals surface area contributed by atoms with Gasteiger partial charge in [-0.05, 0) is 59.3 Å². The van der Waals surface area contributed by atoms with Gasteiger partial charge in [0.15, 0.2) is 0 Å². The molecule has 0 aromatic heterocycles. The third-order valence-electron chi connectivity index (χ3n) is 2.90. The largest absolute Gasteiger partial charge is 0.381 e. The highest BCUT2D eigenvalue weighted by atomic mass is 79.9. The standard InChI is InChI=1S/C12H15Br2N/c1-2-11(8-3-4-8)15-12-7-9(13)5-6-10(12)14/h5-8,11,15H,2-4H2,1H3. The van der Waals surface area contributed by atoms with Crippen molar-refractivity contribution >= 4 is 37.5 Å². The van der Waals surface area contributed by atoms with E-state index in [1.165, 1.54) is 24.9 Å². The fraction of sp³-hybridized carbons (Fsp3) is 0.500. The third-order valence-corrected chi connectivity index (χ3v) is 4.08. The van der Waals surface area contributed by atoms with E-state index in [1.54, 1.807) is 0 Å². The second-order valence-corrected chi connectivity index (χ2v) is 5.89. The molecule has 0 heterocycles. The highest BCUT2D eigenvalue weighted by Crippen LogP contribution is 2.37. The summed E-state index contributed by atoms with van der Waals surface area (Å²) in [7, 11) is 0. The third kappa shape index (κ3) is 2.97. The van der Waals surface area contributed by atoms with Crippen LogP contribution in [0.1, 0.15) is 26.2 Å². The molecule has 1 unspecified atom stereocenters. The summed E-state index contributed by atoms with van der Waals surface area (Å²) in [4.78, 5) is 0. The van der Waals surface area contributed by atoms with Gasteiger partial charge >= 0.3 is 0 Å². The Balaban J connectivity index is 2.11. The van der Waals surface area contributed by atoms with Crippen LogP contribution in [0.4, 0.5) is 5.69 Å². The van der Waals surface area contributed by atoms with Gasteiger partial charge in [-0.3, -0.25) is 0 Å². The Kier molecular flexibility index (Phi) is 3.73. The van der Waals surface area contributed by atoms with Crippen molar-refractivity contribution in [1.29, 1.82) is 0 Å². The molecule has 2 rings (SSSR count). The van der Waals surface area contributed by atoms with E-state index in [-0.39, 0.29) is 0 Å². The zero-order valence-electron chi connectivity index (χ0n) is 8.76. The number of rotatable bonds is 4. The molecule has 0 bridgehead atoms. The molecule has 0 saturated heterocycles. The van der Waals surface area contributed by atoms with Crippen molar-refractivity contribution < 1.29 is 0 Å². The molecule has 1 aliphatic carbocycles. The average Bonchev–Trinajstić information content (AvgIpc) is 3.03. The van der Waals surface area contributed by atoms with Crippen LogP contribution in [0.3, 0.4) is 0 Å². The first-order valence-electron chi connectivity index (χ1n) is 5.42. The molecule has 0 amide bonds. The van der Waals surface area contributed by atoms with E-state index >= 15 is 0 Å². The summed E-state index contributed by atoms with van der Waals surface area (Å²) in [6.07, 6.45) is 3.97. The summed E-state index contributed by atoms with van der Waals surface area (Å²) in [5, 5.41) is 3.62. The SMILES string of the molecule is CCC(Nc1cc(Br)ccc1Br)C1CC1. The lowest BCUT2D eigenvalue weighted by molar-refractivity contribution is 0.616. The van der Waals surface area contributed by atoms with E-state index in [0.717, 1.165) is 14.9 Å². The topological polar surface area (TPSA) is 12.0 Å². The summed E-state index contributed by atoms with van der Waals surface area (Å²) in [6, 6.07) is 6.89. The number of anilines is 1. The lowest BCUT2D eigenvalue weighted by Crippen LogP contribution is -2.20. The van der Waals surface area contributed by atoms with Gasteiger partial charge in [-0.15, -0.1) is 0 Å². The lowest BCUT2D eigenvalue weighted by atomic mass is 10.1. The molecular formula is C12H15Br2N. The first-order chi connectivity index (χ1) is 7.20. The molecule has 0 aliphatic heterocycles. The van der Waals surface area contributed by atoms with Gasteiger partial charge in [-0.1, -0.05) is 22.9 Å². The zero-order valence-corrected chi connectivity index (χ0v) is 11.9. The summed E-state index contributed by atoms with van der Waals surface area (Å²) in [5.41, 5.74) is 1.20. The van der Waals surface area contributed by atoms with E-state index in [2.05, 4.69) is 56.2 Å². The van der Waals surface area contributed by atoms with Crippen LogP contribution in [-0.2, 0) is 0 Å². The number of hydrogen-bond acceptors (Lipinski definition) is 1. The molecule has 1 fully saturated rings. The molecule has 15 heavy (non-hydrogen) atoms. The molecule has 1 N–H and O–H groups in total. The normalized spacial score (nSPS) is 17.5. The van der Waals surface area contributed by atoms with Crippen molar-refractivity contribution in [2.75, 3.05) is 5.32 Å². The van der Waals surface area contributed by atoms with E-state index in [9.17, 15) is 0 Å². The Morgan fingerprint density at radius 2 is 2.13 bits per heavy atom. The molecular weight excluding hydrogens is 318 g/mol. The van der Waals surface area contributed by atoms with Crippen molar-refractivity contribution in [2.24, 2.45) is 5.92 Å². The van der Waals surface area contributed by atoms with Crippen LogP contribution in [-0.4, -0.2) is 6.04 Å². The van der Waals surface area contributed by atoms with Crippen LogP contribution in [0.15, 0.2) is 27.1 Å². The molecule has 82 valence electrons. The van der Waals surface area contributed by atoms with Gasteiger partial charge < -0.3 is 5.32 Å². The predicted octanol–water partition coefficient (Wildman–Crippen LogP) is 4.81. The van der Waals surface area contributed by atoms with Gasteiger partial charge in [-0.2, -0.15) is 0 Å². The maximum Gasteiger partial charge on any atom is 0.0498 e. The fourth-order valence-corrected chi connectivity index (χ4v) is 2.58. The highest BCUT2D eigenvalue weighted by molar-refractivity contribution is 9.11. The van der Waals surface area contributed by atoms with Gasteiger partial charge in [0, 0.05) is 20.7 Å². The summed E-state index contributed by atoms with van der Waals surface area (Å²) < 4.78 is 2.27. The molecule has 0 radical (unpaired) electrons. The van der Waals surface area contributed by atoms with Crippen molar-refractivity contribution in [1.82, 2.24) is 0 Å². The minimum absolute atomic E-state index is 0.635. The molecule has 1 saturated carbocycles. The molecule has 1 atom stereocenters. The molecule has 1 aromatic rings. The quantitative estimate of drug-likeness (QED) is 0.834. The second kappa shape index (κ2) is 4.88. The number of halogens is 2. The summed E-state index contributed by atoms with van der Waals surface area (Å²) in [5.74, 6) is 0.890. The Hall–Kier alpha value is -0.0200. The maximum absolute atomic E-state index is 3.62. The number of benzene rings is 1. The van der Waals surface area contributed by atoms with E-state index in [0.29, 0.717) is 6.04 Å². The minimum atomic E-state index is 0.635. The lowest BCUT2D eigenvalue weighted by Gasteiger charge is -2.18. The fourth-order valence-electron chi connectivity index (χ4n) is 1.86. The summed E-state index contributed by atoms with van der Waals surface area (Å²) >= 11 is 7.07. The minimum Gasteiger partial charge on any atom is -0.381 e. The molecule has 3 heteroatoms. The van der Waals surface area contributed by atoms with Crippen LogP contribution in [0.25, 0.3) is 0 Å². The highest BCUT2D eigenvalue weighted by Gasteiger charge is 2.30. The smallest absolute Gasteiger partial charge is 0.0498 e. The predicted molar refractivity (Wildman–Crippen MR) is 72.3 cm³/mol. The molecule has 1 aromatic carbocycles. The second-order valence-electron chi connectivity index (χ2n) is 4.12. The monoisotopic (exact) mass is 331 g/mol. The van der Waals surface area contributed by atoms with Crippen LogP contribution in [0.2, 0.25) is 0 Å². The Bertz CT molecular complexity index is 347. The first-order valence-corrected chi connectivity index (χ1v) is 7.01. The molecule has 1 nitrogen and oxygen atoms in total. The number of nitrogens with one attached hydrogen (secondary N) is 1. The van der Waals surface area contributed by atoms with Gasteiger partial charge in [0.05, 0.1) is 0 Å². The van der Waals surface area contributed by atoms with Crippen LogP contribution in [0, 0.1) is 5.92 Å². The summed E-state index contributed by atoms with van der Waals surface area (Å²) in [6.45, 7) is 2.25. The number of hydrogen-bond donors (Lipinski definition) is 1. The van der Waals surface area contributed by atoms with Crippen LogP contribution >= 0.6 is 31.9 Å². The van der Waals surface area contributed by atoms with Gasteiger partial charge in [0.2, 0.25) is 0 Å². The van der Waals surface area contributed by atoms with Crippen LogP contribution < -0.4 is 5.32 Å². The van der Waals surface area contributed by atoms with Crippen LogP contribution in [0.5, 0.6) is 0 Å². The van der Waals surface area contributed by atoms with Crippen molar-refractivity contribution in [3.05, 3.63) is 27.1 Å². The van der Waals surface area contributed by atoms with E-state index < -0.39 is 0 Å². The first kappa shape index (κ1) is 11.5. The Morgan fingerprint density at radius 3 is 2.73 bits per heavy atom. The van der Waals surface area contributed by atoms with Gasteiger partial charge in [-0.25, -0.2) is 0 Å². The zero-order chi connectivity index (χ0) is 10.8. The van der Waals surface area contributed by atoms with E-state index in [4.69, 9.17) is 0 Å². The maximum atomic E-state index is 3.62. The van der Waals surface area contributed by atoms with E-state index in [1.807, 2.05) is 6.07 Å². The van der Waals surface area contributed by atoms with Gasteiger partial charge in [0.1, 0.15) is 0 Å². The van der Waals surface area contributed by atoms with Crippen molar-refractivity contribution in [3.8, 4) is 0 Å². The average molecular weight is 333 g/mol. The Labute approximate surface area is 108 Å². The molecule has 0 spiro atoms. The molecule has 1 aliphatic rings. The Morgan fingerprint density at radius 1 is 1.40 bits per heavy atom. The van der Waals surface area contributed by atoms with Crippen molar-refractivity contribution in [2.45, 2.75) is 32.2 Å².